The number of fused-ring (bicyclic) bond motifs is 1. The highest BCUT2D eigenvalue weighted by atomic mass is 35.5. The van der Waals surface area contributed by atoms with Crippen LogP contribution in [0.3, 0.4) is 0 Å². The lowest BCUT2D eigenvalue weighted by atomic mass is 9.83. The van der Waals surface area contributed by atoms with E-state index in [0.29, 0.717) is 41.7 Å². The molecule has 1 aromatic heterocycles. The second-order valence-corrected chi connectivity index (χ2v) is 12.3. The maximum atomic E-state index is 13.6. The molecule has 0 radical (unpaired) electrons. The number of anilines is 1. The van der Waals surface area contributed by atoms with E-state index in [0.717, 1.165) is 33.5 Å². The molecule has 5 aromatic rings. The lowest BCUT2D eigenvalue weighted by Crippen LogP contribution is -2.52. The number of hydrogen-bond donors (Lipinski definition) is 3. The number of amides is 2. The number of aromatic amines is 1. The number of carbonyl (C=O) groups excluding carboxylic acids is 2. The number of methoxy groups -OCH3 is 1. The quantitative estimate of drug-likeness (QED) is 0.150. The average Bonchev–Trinajstić information content (AvgIpc) is 3.51. The first-order chi connectivity index (χ1) is 22.8. The predicted molar refractivity (Wildman–Crippen MR) is 184 cm³/mol. The van der Waals surface area contributed by atoms with Crippen LogP contribution >= 0.6 is 23.2 Å². The van der Waals surface area contributed by atoms with Gasteiger partial charge in [0.25, 0.3) is 0 Å². The number of nitrogens with one attached hydrogen (secondary N) is 2. The van der Waals surface area contributed by atoms with Crippen LogP contribution in [0.1, 0.15) is 40.9 Å². The molecule has 0 spiro atoms. The van der Waals surface area contributed by atoms with Gasteiger partial charge in [0.15, 0.2) is 0 Å². The van der Waals surface area contributed by atoms with Crippen LogP contribution in [-0.2, 0) is 20.7 Å². The van der Waals surface area contributed by atoms with Gasteiger partial charge in [-0.2, -0.15) is 0 Å². The predicted octanol–water partition coefficient (Wildman–Crippen LogP) is 6.79. The Bertz CT molecular complexity index is 1770. The fourth-order valence-corrected chi connectivity index (χ4v) is 6.55. The van der Waals surface area contributed by atoms with Crippen molar-refractivity contribution in [1.82, 2.24) is 15.3 Å². The maximum Gasteiger partial charge on any atom is 0.414 e. The number of aryl methyl sites for hydroxylation is 1. The lowest BCUT2D eigenvalue weighted by Gasteiger charge is -2.36. The van der Waals surface area contributed by atoms with Gasteiger partial charge in [0, 0.05) is 12.5 Å². The van der Waals surface area contributed by atoms with Crippen LogP contribution in [0.15, 0.2) is 97.1 Å². The van der Waals surface area contributed by atoms with Gasteiger partial charge < -0.3 is 25.5 Å². The van der Waals surface area contributed by atoms with Crippen LogP contribution in [-0.4, -0.2) is 54.4 Å². The standard InChI is InChI=1S/C36H35Cl2N5O4/c1-46-36(45)43(33(34(39)44)32(23-11-4-2-5-12-23)24-13-6-3-7-14-24)31-15-9-8-10-22(31)16-17-25-20-40-30(21-47-25)35-41-28-18-26(37)27(38)19-29(28)42-35/h2-15,18-19,25,30,32-33,40H,16-17,20-21H2,1H3,(H2,39,44)(H,41,42)/t25-,30+,33+/m1/s1. The number of imidazole rings is 1. The number of primary amides is 1. The summed E-state index contributed by atoms with van der Waals surface area (Å²) < 4.78 is 11.5. The fraction of sp³-hybridized carbons (Fsp3) is 0.250. The van der Waals surface area contributed by atoms with Gasteiger partial charge in [-0.1, -0.05) is 102 Å². The highest BCUT2D eigenvalue weighted by Crippen LogP contribution is 2.36. The normalized spacial score (nSPS) is 17.0. The average molecular weight is 673 g/mol. The van der Waals surface area contributed by atoms with Crippen molar-refractivity contribution in [2.45, 2.75) is 36.9 Å². The monoisotopic (exact) mass is 671 g/mol. The molecule has 0 aliphatic carbocycles. The third kappa shape index (κ3) is 7.13. The molecule has 4 aromatic carbocycles. The number of benzene rings is 4. The Kier molecular flexibility index (Phi) is 10.1. The summed E-state index contributed by atoms with van der Waals surface area (Å²) in [6.45, 7) is 1.02. The summed E-state index contributed by atoms with van der Waals surface area (Å²) in [4.78, 5) is 36.4. The lowest BCUT2D eigenvalue weighted by molar-refractivity contribution is -0.119. The molecule has 47 heavy (non-hydrogen) atoms. The van der Waals surface area contributed by atoms with Gasteiger partial charge in [-0.15, -0.1) is 0 Å². The van der Waals surface area contributed by atoms with E-state index in [4.69, 9.17) is 38.4 Å². The minimum absolute atomic E-state index is 0.0903. The summed E-state index contributed by atoms with van der Waals surface area (Å²) in [5.41, 5.74) is 10.8. The Labute approximate surface area is 283 Å². The van der Waals surface area contributed by atoms with E-state index in [-0.39, 0.29) is 12.1 Å². The molecular weight excluding hydrogens is 637 g/mol. The number of para-hydroxylation sites is 1. The fourth-order valence-electron chi connectivity index (χ4n) is 6.23. The zero-order valence-corrected chi connectivity index (χ0v) is 27.2. The van der Waals surface area contributed by atoms with Crippen molar-refractivity contribution in [3.05, 3.63) is 130 Å². The molecule has 1 aliphatic heterocycles. The molecule has 2 heterocycles. The Morgan fingerprint density at radius 3 is 2.23 bits per heavy atom. The van der Waals surface area contributed by atoms with Gasteiger partial charge in [0.05, 0.1) is 52.6 Å². The summed E-state index contributed by atoms with van der Waals surface area (Å²) in [7, 11) is 1.30. The van der Waals surface area contributed by atoms with E-state index >= 15 is 0 Å². The Morgan fingerprint density at radius 2 is 1.62 bits per heavy atom. The van der Waals surface area contributed by atoms with Gasteiger partial charge in [0.1, 0.15) is 11.9 Å². The largest absolute Gasteiger partial charge is 0.452 e. The maximum absolute atomic E-state index is 13.6. The molecule has 1 aliphatic rings. The van der Waals surface area contributed by atoms with Crippen molar-refractivity contribution in [2.75, 3.05) is 25.2 Å². The highest BCUT2D eigenvalue weighted by molar-refractivity contribution is 6.42. The van der Waals surface area contributed by atoms with E-state index in [2.05, 4.69) is 15.3 Å². The number of morpholine rings is 1. The number of rotatable bonds is 10. The van der Waals surface area contributed by atoms with Gasteiger partial charge in [-0.25, -0.2) is 9.78 Å². The van der Waals surface area contributed by atoms with E-state index < -0.39 is 24.0 Å². The topological polar surface area (TPSA) is 123 Å². The van der Waals surface area contributed by atoms with Crippen molar-refractivity contribution in [2.24, 2.45) is 5.73 Å². The van der Waals surface area contributed by atoms with Crippen molar-refractivity contribution < 1.29 is 19.1 Å². The summed E-state index contributed by atoms with van der Waals surface area (Å²) in [6, 6.07) is 29.0. The number of aromatic nitrogens is 2. The third-order valence-electron chi connectivity index (χ3n) is 8.52. The smallest absolute Gasteiger partial charge is 0.414 e. The zero-order chi connectivity index (χ0) is 32.9. The van der Waals surface area contributed by atoms with Gasteiger partial charge in [-0.3, -0.25) is 9.69 Å². The van der Waals surface area contributed by atoms with Crippen LogP contribution in [0.4, 0.5) is 10.5 Å². The number of nitrogens with zero attached hydrogens (tertiary/aromatic N) is 2. The molecule has 0 unspecified atom stereocenters. The number of hydrogen-bond acceptors (Lipinski definition) is 6. The van der Waals surface area contributed by atoms with Crippen LogP contribution < -0.4 is 16.0 Å². The summed E-state index contributed by atoms with van der Waals surface area (Å²) in [6.07, 6.45) is 0.478. The summed E-state index contributed by atoms with van der Waals surface area (Å²) >= 11 is 12.3. The molecule has 0 bridgehead atoms. The molecule has 4 N–H and O–H groups in total. The number of carbonyl (C=O) groups is 2. The number of nitrogens with two attached hydrogens (primary N) is 1. The van der Waals surface area contributed by atoms with E-state index in [1.807, 2.05) is 84.9 Å². The van der Waals surface area contributed by atoms with Crippen molar-refractivity contribution in [3.63, 3.8) is 0 Å². The van der Waals surface area contributed by atoms with Gasteiger partial charge >= 0.3 is 6.09 Å². The van der Waals surface area contributed by atoms with Gasteiger partial charge in [-0.05, 0) is 47.7 Å². The molecule has 3 atom stereocenters. The second kappa shape index (κ2) is 14.6. The summed E-state index contributed by atoms with van der Waals surface area (Å²) in [5, 5.41) is 4.45. The molecule has 1 saturated heterocycles. The molecule has 11 heteroatoms. The molecular formula is C36H35Cl2N5O4. The van der Waals surface area contributed by atoms with Crippen molar-refractivity contribution >= 4 is 51.9 Å². The summed E-state index contributed by atoms with van der Waals surface area (Å²) in [5.74, 6) is -0.446. The first kappa shape index (κ1) is 32.5. The molecule has 1 fully saturated rings. The minimum atomic E-state index is -1.07. The number of halogens is 2. The Hall–Kier alpha value is -4.41. The van der Waals surface area contributed by atoms with E-state index in [1.165, 1.54) is 12.0 Å². The first-order valence-corrected chi connectivity index (χ1v) is 16.1. The number of ether oxygens (including phenoxy) is 2. The van der Waals surface area contributed by atoms with Crippen LogP contribution in [0.2, 0.25) is 10.0 Å². The van der Waals surface area contributed by atoms with Crippen molar-refractivity contribution in [1.29, 1.82) is 0 Å². The SMILES string of the molecule is COC(=O)N(c1ccccc1CC[C@@H]1CN[C@H](c2nc3cc(Cl)c(Cl)cc3[nH]2)CO1)[C@H](C(N)=O)C(c1ccccc1)c1ccccc1. The Morgan fingerprint density at radius 1 is 0.979 bits per heavy atom. The molecule has 242 valence electrons. The van der Waals surface area contributed by atoms with Crippen LogP contribution in [0.5, 0.6) is 0 Å². The Balaban J connectivity index is 1.23. The highest BCUT2D eigenvalue weighted by Gasteiger charge is 2.39. The molecule has 2 amide bonds. The van der Waals surface area contributed by atoms with Gasteiger partial charge in [0.2, 0.25) is 5.91 Å². The molecule has 6 rings (SSSR count). The van der Waals surface area contributed by atoms with Crippen LogP contribution in [0, 0.1) is 0 Å². The molecule has 0 saturated carbocycles. The third-order valence-corrected chi connectivity index (χ3v) is 9.25. The zero-order valence-electron chi connectivity index (χ0n) is 25.7. The van der Waals surface area contributed by atoms with Crippen molar-refractivity contribution in [3.8, 4) is 0 Å². The van der Waals surface area contributed by atoms with Crippen LogP contribution in [0.25, 0.3) is 11.0 Å². The van der Waals surface area contributed by atoms with E-state index in [1.54, 1.807) is 12.1 Å². The second-order valence-electron chi connectivity index (χ2n) is 11.5. The minimum Gasteiger partial charge on any atom is -0.452 e. The number of H-pyrrole nitrogens is 1. The molecule has 9 nitrogen and oxygen atoms in total. The van der Waals surface area contributed by atoms with E-state index in [9.17, 15) is 9.59 Å². The first-order valence-electron chi connectivity index (χ1n) is 15.4.